The van der Waals surface area contributed by atoms with E-state index in [1.165, 1.54) is 0 Å². The number of amides is 1. The fraction of sp³-hybridized carbons (Fsp3) is 0.471. The first-order valence-electron chi connectivity index (χ1n) is 7.21. The number of aliphatic hydroxyl groups is 1. The average Bonchev–Trinajstić information content (AvgIpc) is 2.69. The molecular weight excluding hydrogens is 250 g/mol. The van der Waals surface area contributed by atoms with Gasteiger partial charge >= 0.3 is 0 Å². The molecule has 1 aromatic carbocycles. The zero-order chi connectivity index (χ0) is 14.4. The second-order valence-electron chi connectivity index (χ2n) is 5.16. The van der Waals surface area contributed by atoms with Crippen molar-refractivity contribution in [3.05, 3.63) is 35.4 Å². The van der Waals surface area contributed by atoms with Crippen molar-refractivity contribution in [2.75, 3.05) is 13.2 Å². The Bertz CT molecular complexity index is 527. The molecule has 3 heteroatoms. The highest BCUT2D eigenvalue weighted by atomic mass is 16.2. The van der Waals surface area contributed by atoms with E-state index in [0.29, 0.717) is 6.42 Å². The number of likely N-dealkylation sites (tertiary alicyclic amines) is 1. The Kier molecular flexibility index (Phi) is 5.20. The van der Waals surface area contributed by atoms with Crippen LogP contribution in [0.25, 0.3) is 0 Å². The van der Waals surface area contributed by atoms with Crippen molar-refractivity contribution in [2.24, 2.45) is 0 Å². The minimum atomic E-state index is -0.135. The van der Waals surface area contributed by atoms with Gasteiger partial charge < -0.3 is 10.0 Å². The molecule has 1 aromatic rings. The van der Waals surface area contributed by atoms with Gasteiger partial charge in [0.15, 0.2) is 0 Å². The summed E-state index contributed by atoms with van der Waals surface area (Å²) >= 11 is 0. The Balaban J connectivity index is 2.19. The van der Waals surface area contributed by atoms with Gasteiger partial charge in [-0.2, -0.15) is 0 Å². The van der Waals surface area contributed by atoms with Gasteiger partial charge in [0.25, 0.3) is 0 Å². The number of hydrogen-bond donors (Lipinski definition) is 1. The lowest BCUT2D eigenvalue weighted by Gasteiger charge is -2.28. The lowest BCUT2D eigenvalue weighted by molar-refractivity contribution is -0.132. The summed E-state index contributed by atoms with van der Waals surface area (Å²) in [5.74, 6) is 5.82. The van der Waals surface area contributed by atoms with Crippen LogP contribution in [0.15, 0.2) is 24.3 Å². The third-order valence-electron chi connectivity index (χ3n) is 3.76. The molecule has 3 nitrogen and oxygen atoms in total. The summed E-state index contributed by atoms with van der Waals surface area (Å²) in [4.78, 5) is 14.1. The summed E-state index contributed by atoms with van der Waals surface area (Å²) in [6.07, 6.45) is 3.88. The summed E-state index contributed by atoms with van der Waals surface area (Å²) in [6, 6.07) is 7.99. The minimum absolute atomic E-state index is 0.0801. The van der Waals surface area contributed by atoms with E-state index in [4.69, 9.17) is 5.11 Å². The van der Waals surface area contributed by atoms with Crippen molar-refractivity contribution in [1.29, 1.82) is 0 Å². The monoisotopic (exact) mass is 271 g/mol. The maximum atomic E-state index is 12.2. The van der Waals surface area contributed by atoms with Crippen molar-refractivity contribution in [2.45, 2.75) is 38.6 Å². The largest absolute Gasteiger partial charge is 0.384 e. The third-order valence-corrected chi connectivity index (χ3v) is 3.76. The van der Waals surface area contributed by atoms with Gasteiger partial charge in [0.2, 0.25) is 5.91 Å². The van der Waals surface area contributed by atoms with Crippen molar-refractivity contribution >= 4 is 5.91 Å². The smallest absolute Gasteiger partial charge is 0.223 e. The quantitative estimate of drug-likeness (QED) is 0.840. The molecule has 0 aliphatic carbocycles. The molecule has 1 saturated heterocycles. The Morgan fingerprint density at radius 1 is 1.35 bits per heavy atom. The van der Waals surface area contributed by atoms with Crippen LogP contribution in [-0.2, 0) is 4.79 Å². The molecule has 1 fully saturated rings. The van der Waals surface area contributed by atoms with Gasteiger partial charge in [0.1, 0.15) is 6.61 Å². The standard InChI is InChI=1S/C17H21NO2/c1-14(18-11-4-2-3-10-17(18)20)16-9-5-7-15(13-16)8-6-12-19/h5,7,9,13-14,19H,2-4,10-12H2,1H3. The van der Waals surface area contributed by atoms with E-state index >= 15 is 0 Å². The summed E-state index contributed by atoms with van der Waals surface area (Å²) in [5, 5.41) is 8.75. The molecule has 0 radical (unpaired) electrons. The Morgan fingerprint density at radius 3 is 3.00 bits per heavy atom. The van der Waals surface area contributed by atoms with Crippen LogP contribution in [0.5, 0.6) is 0 Å². The van der Waals surface area contributed by atoms with E-state index in [2.05, 4.69) is 18.8 Å². The molecule has 1 heterocycles. The normalized spacial score (nSPS) is 17.1. The van der Waals surface area contributed by atoms with Gasteiger partial charge in [-0.3, -0.25) is 4.79 Å². The van der Waals surface area contributed by atoms with Gasteiger partial charge in [0.05, 0.1) is 6.04 Å². The molecule has 1 aliphatic heterocycles. The van der Waals surface area contributed by atoms with Crippen molar-refractivity contribution < 1.29 is 9.90 Å². The fourth-order valence-electron chi connectivity index (χ4n) is 2.61. The van der Waals surface area contributed by atoms with Crippen molar-refractivity contribution in [1.82, 2.24) is 4.90 Å². The Hall–Kier alpha value is -1.79. The lowest BCUT2D eigenvalue weighted by atomic mass is 10.0. The van der Waals surface area contributed by atoms with Crippen LogP contribution >= 0.6 is 0 Å². The van der Waals surface area contributed by atoms with Gasteiger partial charge in [-0.15, -0.1) is 0 Å². The predicted octanol–water partition coefficient (Wildman–Crippen LogP) is 2.49. The molecule has 0 spiro atoms. The predicted molar refractivity (Wildman–Crippen MR) is 79.0 cm³/mol. The highest BCUT2D eigenvalue weighted by Gasteiger charge is 2.22. The number of carbonyl (C=O) groups is 1. The Morgan fingerprint density at radius 2 is 2.20 bits per heavy atom. The molecule has 1 unspecified atom stereocenters. The number of aliphatic hydroxyl groups excluding tert-OH is 1. The van der Waals surface area contributed by atoms with Crippen molar-refractivity contribution in [3.63, 3.8) is 0 Å². The first-order chi connectivity index (χ1) is 9.72. The molecule has 0 saturated carbocycles. The maximum absolute atomic E-state index is 12.2. The molecule has 1 N–H and O–H groups in total. The SMILES string of the molecule is CC(c1cccc(C#CCO)c1)N1CCCCCC1=O. The van der Waals surface area contributed by atoms with Gasteiger partial charge in [-0.05, 0) is 37.5 Å². The van der Waals surface area contributed by atoms with E-state index in [-0.39, 0.29) is 18.6 Å². The number of benzene rings is 1. The molecule has 1 aliphatic rings. The summed E-state index contributed by atoms with van der Waals surface area (Å²) in [7, 11) is 0. The highest BCUT2D eigenvalue weighted by molar-refractivity contribution is 5.76. The number of rotatable bonds is 2. The first kappa shape index (κ1) is 14.6. The third kappa shape index (κ3) is 3.61. The number of nitrogens with zero attached hydrogens (tertiary/aromatic N) is 1. The molecule has 0 bridgehead atoms. The van der Waals surface area contributed by atoms with Crippen LogP contribution in [0.4, 0.5) is 0 Å². The van der Waals surface area contributed by atoms with E-state index in [1.54, 1.807) is 0 Å². The Labute approximate surface area is 120 Å². The van der Waals surface area contributed by atoms with Crippen LogP contribution in [0.1, 0.15) is 49.8 Å². The highest BCUT2D eigenvalue weighted by Crippen LogP contribution is 2.25. The van der Waals surface area contributed by atoms with Crippen LogP contribution < -0.4 is 0 Å². The molecule has 2 rings (SSSR count). The zero-order valence-electron chi connectivity index (χ0n) is 11.9. The van der Waals surface area contributed by atoms with E-state index in [9.17, 15) is 4.79 Å². The molecule has 1 amide bonds. The minimum Gasteiger partial charge on any atom is -0.384 e. The fourth-order valence-corrected chi connectivity index (χ4v) is 2.61. The van der Waals surface area contributed by atoms with E-state index in [1.807, 2.05) is 29.2 Å². The maximum Gasteiger partial charge on any atom is 0.223 e. The first-order valence-corrected chi connectivity index (χ1v) is 7.21. The summed E-state index contributed by atoms with van der Waals surface area (Å²) in [6.45, 7) is 2.78. The van der Waals surface area contributed by atoms with Crippen LogP contribution in [0.3, 0.4) is 0 Å². The van der Waals surface area contributed by atoms with Gasteiger partial charge in [-0.25, -0.2) is 0 Å². The lowest BCUT2D eigenvalue weighted by Crippen LogP contribution is -2.32. The molecule has 106 valence electrons. The second kappa shape index (κ2) is 7.12. The average molecular weight is 271 g/mol. The van der Waals surface area contributed by atoms with Crippen LogP contribution in [0, 0.1) is 11.8 Å². The molecule has 0 aromatic heterocycles. The van der Waals surface area contributed by atoms with Crippen LogP contribution in [-0.4, -0.2) is 29.1 Å². The molecule has 20 heavy (non-hydrogen) atoms. The van der Waals surface area contributed by atoms with Crippen LogP contribution in [0.2, 0.25) is 0 Å². The summed E-state index contributed by atoms with van der Waals surface area (Å²) < 4.78 is 0. The number of carbonyl (C=O) groups excluding carboxylic acids is 1. The number of hydrogen-bond acceptors (Lipinski definition) is 2. The van der Waals surface area contributed by atoms with Crippen molar-refractivity contribution in [3.8, 4) is 11.8 Å². The molecule has 1 atom stereocenters. The van der Waals surface area contributed by atoms with Gasteiger partial charge in [0, 0.05) is 18.5 Å². The van der Waals surface area contributed by atoms with Gasteiger partial charge in [-0.1, -0.05) is 30.4 Å². The van der Waals surface area contributed by atoms with E-state index in [0.717, 1.165) is 36.9 Å². The van der Waals surface area contributed by atoms with E-state index < -0.39 is 0 Å². The topological polar surface area (TPSA) is 40.5 Å². The zero-order valence-corrected chi connectivity index (χ0v) is 11.9. The second-order valence-corrected chi connectivity index (χ2v) is 5.16. The summed E-state index contributed by atoms with van der Waals surface area (Å²) in [5.41, 5.74) is 1.98. The molecular formula is C17H21NO2.